The molecule has 0 aliphatic carbocycles. The third kappa shape index (κ3) is 2.75. The molecule has 2 atom stereocenters. The molecule has 6 nitrogen and oxygen atoms in total. The molecule has 0 spiro atoms. The van der Waals surface area contributed by atoms with Gasteiger partial charge in [0.05, 0.1) is 6.10 Å². The number of aromatic nitrogens is 3. The van der Waals surface area contributed by atoms with Crippen molar-refractivity contribution < 1.29 is 9.26 Å². The van der Waals surface area contributed by atoms with E-state index < -0.39 is 0 Å². The lowest BCUT2D eigenvalue weighted by Crippen LogP contribution is -2.39. The normalized spacial score (nSPS) is 21.8. The summed E-state index contributed by atoms with van der Waals surface area (Å²) in [7, 11) is 0. The van der Waals surface area contributed by atoms with Crippen LogP contribution in [-0.4, -0.2) is 34.3 Å². The minimum Gasteiger partial charge on any atom is -0.363 e. The summed E-state index contributed by atoms with van der Waals surface area (Å²) in [6.45, 7) is 5.67. The Morgan fingerprint density at radius 3 is 3.00 bits per heavy atom. The van der Waals surface area contributed by atoms with Gasteiger partial charge in [-0.1, -0.05) is 23.4 Å². The standard InChI is InChI=1S/C17H20N4O2/c1-10-8-18-9-15(22-10)17-20-16(21-23-17)7-13-11(2)19-14-6-4-3-5-12(13)14/h3-6,10,15,18-19H,7-9H2,1-2H3/t10-,15-/m1/s1. The number of morpholine rings is 1. The SMILES string of the molecule is Cc1[nH]c2ccccc2c1Cc1noc([C@H]2CNC[C@@H](C)O2)n1. The van der Waals surface area contributed by atoms with Crippen molar-refractivity contribution in [3.05, 3.63) is 47.2 Å². The van der Waals surface area contributed by atoms with Crippen LogP contribution >= 0.6 is 0 Å². The highest BCUT2D eigenvalue weighted by molar-refractivity contribution is 5.84. The number of aryl methyl sites for hydroxylation is 1. The maximum absolute atomic E-state index is 5.85. The Hall–Kier alpha value is -2.18. The van der Waals surface area contributed by atoms with Gasteiger partial charge in [-0.3, -0.25) is 0 Å². The molecule has 1 aliphatic rings. The second-order valence-electron chi connectivity index (χ2n) is 6.09. The molecule has 2 N–H and O–H groups in total. The molecule has 1 aliphatic heterocycles. The lowest BCUT2D eigenvalue weighted by Gasteiger charge is -2.25. The van der Waals surface area contributed by atoms with Crippen LogP contribution in [0.1, 0.15) is 36.0 Å². The predicted octanol–water partition coefficient (Wildman–Crippen LogP) is 2.50. The maximum atomic E-state index is 5.85. The number of nitrogens with zero attached hydrogens (tertiary/aromatic N) is 2. The van der Waals surface area contributed by atoms with Crippen LogP contribution in [0.25, 0.3) is 10.9 Å². The summed E-state index contributed by atoms with van der Waals surface area (Å²) in [4.78, 5) is 7.94. The van der Waals surface area contributed by atoms with Gasteiger partial charge in [-0.15, -0.1) is 0 Å². The smallest absolute Gasteiger partial charge is 0.257 e. The van der Waals surface area contributed by atoms with Gasteiger partial charge in [0, 0.05) is 36.1 Å². The fraction of sp³-hybridized carbons (Fsp3) is 0.412. The number of H-pyrrole nitrogens is 1. The molecule has 2 aromatic heterocycles. The van der Waals surface area contributed by atoms with Crippen LogP contribution in [0.5, 0.6) is 0 Å². The molecule has 23 heavy (non-hydrogen) atoms. The maximum Gasteiger partial charge on any atom is 0.257 e. The molecule has 0 radical (unpaired) electrons. The quantitative estimate of drug-likeness (QED) is 0.777. The third-order valence-corrected chi connectivity index (χ3v) is 4.28. The van der Waals surface area contributed by atoms with Gasteiger partial charge in [0.1, 0.15) is 6.10 Å². The van der Waals surface area contributed by atoms with E-state index in [9.17, 15) is 0 Å². The first kappa shape index (κ1) is 14.4. The lowest BCUT2D eigenvalue weighted by molar-refractivity contribution is -0.0438. The summed E-state index contributed by atoms with van der Waals surface area (Å²) in [5.74, 6) is 1.24. The molecule has 120 valence electrons. The van der Waals surface area contributed by atoms with Gasteiger partial charge in [-0.05, 0) is 25.5 Å². The van der Waals surface area contributed by atoms with E-state index in [2.05, 4.69) is 39.5 Å². The van der Waals surface area contributed by atoms with Crippen LogP contribution in [0.4, 0.5) is 0 Å². The first-order valence-corrected chi connectivity index (χ1v) is 7.95. The van der Waals surface area contributed by atoms with E-state index in [1.165, 1.54) is 10.9 Å². The van der Waals surface area contributed by atoms with Crippen LogP contribution in [-0.2, 0) is 11.2 Å². The molecule has 6 heteroatoms. The average Bonchev–Trinajstić information content (AvgIpc) is 3.13. The van der Waals surface area contributed by atoms with Crippen molar-refractivity contribution in [2.45, 2.75) is 32.5 Å². The summed E-state index contributed by atoms with van der Waals surface area (Å²) >= 11 is 0. The lowest BCUT2D eigenvalue weighted by atomic mass is 10.1. The van der Waals surface area contributed by atoms with Gasteiger partial charge in [-0.25, -0.2) is 0 Å². The van der Waals surface area contributed by atoms with E-state index in [1.807, 2.05) is 19.1 Å². The average molecular weight is 312 g/mol. The Kier molecular flexibility index (Phi) is 3.63. The summed E-state index contributed by atoms with van der Waals surface area (Å²) in [6.07, 6.45) is 0.638. The van der Waals surface area contributed by atoms with Crippen molar-refractivity contribution in [1.29, 1.82) is 0 Å². The Labute approximate surface area is 134 Å². The fourth-order valence-corrected chi connectivity index (χ4v) is 3.13. The molecule has 0 amide bonds. The topological polar surface area (TPSA) is 76.0 Å². The number of rotatable bonds is 3. The van der Waals surface area contributed by atoms with Crippen molar-refractivity contribution in [3.8, 4) is 0 Å². The molecular weight excluding hydrogens is 292 g/mol. The zero-order chi connectivity index (χ0) is 15.8. The number of para-hydroxylation sites is 1. The van der Waals surface area contributed by atoms with Gasteiger partial charge in [0.2, 0.25) is 0 Å². The van der Waals surface area contributed by atoms with Crippen molar-refractivity contribution in [1.82, 2.24) is 20.4 Å². The van der Waals surface area contributed by atoms with E-state index in [0.29, 0.717) is 24.7 Å². The van der Waals surface area contributed by atoms with Crippen LogP contribution in [0.15, 0.2) is 28.8 Å². The summed E-state index contributed by atoms with van der Waals surface area (Å²) < 4.78 is 11.3. The van der Waals surface area contributed by atoms with E-state index in [4.69, 9.17) is 9.26 Å². The number of benzene rings is 1. The minimum atomic E-state index is -0.163. The van der Waals surface area contributed by atoms with Gasteiger partial charge in [0.15, 0.2) is 5.82 Å². The summed E-state index contributed by atoms with van der Waals surface area (Å²) in [6, 6.07) is 8.27. The van der Waals surface area contributed by atoms with Gasteiger partial charge >= 0.3 is 0 Å². The molecular formula is C17H20N4O2. The zero-order valence-corrected chi connectivity index (χ0v) is 13.3. The number of aromatic amines is 1. The van der Waals surface area contributed by atoms with Crippen LogP contribution in [0.2, 0.25) is 0 Å². The number of hydrogen-bond acceptors (Lipinski definition) is 5. The monoisotopic (exact) mass is 312 g/mol. The molecule has 4 rings (SSSR count). The number of ether oxygens (including phenoxy) is 1. The van der Waals surface area contributed by atoms with Gasteiger partial charge < -0.3 is 19.6 Å². The highest BCUT2D eigenvalue weighted by atomic mass is 16.5. The van der Waals surface area contributed by atoms with Gasteiger partial charge in [0.25, 0.3) is 5.89 Å². The van der Waals surface area contributed by atoms with E-state index in [0.717, 1.165) is 17.8 Å². The van der Waals surface area contributed by atoms with Crippen molar-refractivity contribution >= 4 is 10.9 Å². The van der Waals surface area contributed by atoms with Crippen LogP contribution < -0.4 is 5.32 Å². The molecule has 0 bridgehead atoms. The molecule has 1 fully saturated rings. The molecule has 1 aromatic carbocycles. The first-order chi connectivity index (χ1) is 11.2. The number of fused-ring (bicyclic) bond motifs is 1. The van der Waals surface area contributed by atoms with E-state index in [1.54, 1.807) is 0 Å². The van der Waals surface area contributed by atoms with Gasteiger partial charge in [-0.2, -0.15) is 4.98 Å². The fourth-order valence-electron chi connectivity index (χ4n) is 3.13. The number of nitrogens with one attached hydrogen (secondary N) is 2. The summed E-state index contributed by atoms with van der Waals surface area (Å²) in [5, 5.41) is 8.65. The Morgan fingerprint density at radius 2 is 2.13 bits per heavy atom. The van der Waals surface area contributed by atoms with E-state index in [-0.39, 0.29) is 12.2 Å². The second-order valence-corrected chi connectivity index (χ2v) is 6.09. The Bertz CT molecular complexity index is 823. The van der Waals surface area contributed by atoms with Crippen LogP contribution in [0, 0.1) is 6.92 Å². The highest BCUT2D eigenvalue weighted by Gasteiger charge is 2.26. The Morgan fingerprint density at radius 1 is 1.26 bits per heavy atom. The third-order valence-electron chi connectivity index (χ3n) is 4.28. The molecule has 0 unspecified atom stereocenters. The minimum absolute atomic E-state index is 0.153. The van der Waals surface area contributed by atoms with Crippen molar-refractivity contribution in [2.75, 3.05) is 13.1 Å². The highest BCUT2D eigenvalue weighted by Crippen LogP contribution is 2.25. The zero-order valence-electron chi connectivity index (χ0n) is 13.3. The van der Waals surface area contributed by atoms with E-state index >= 15 is 0 Å². The van der Waals surface area contributed by atoms with Crippen LogP contribution in [0.3, 0.4) is 0 Å². The molecule has 0 saturated carbocycles. The predicted molar refractivity (Wildman–Crippen MR) is 86.3 cm³/mol. The Balaban J connectivity index is 1.58. The number of hydrogen-bond donors (Lipinski definition) is 2. The molecule has 3 aromatic rings. The largest absolute Gasteiger partial charge is 0.363 e. The second kappa shape index (κ2) is 5.79. The molecule has 3 heterocycles. The summed E-state index contributed by atoms with van der Waals surface area (Å²) in [5.41, 5.74) is 3.49. The van der Waals surface area contributed by atoms with Crippen molar-refractivity contribution in [2.24, 2.45) is 0 Å². The van der Waals surface area contributed by atoms with Crippen molar-refractivity contribution in [3.63, 3.8) is 0 Å². The molecule has 1 saturated heterocycles. The first-order valence-electron chi connectivity index (χ1n) is 7.95.